The van der Waals surface area contributed by atoms with Gasteiger partial charge in [0.05, 0.1) is 0 Å². The molecular formula is C15H28N2S2. The Labute approximate surface area is 126 Å². The van der Waals surface area contributed by atoms with E-state index in [0.29, 0.717) is 0 Å². The van der Waals surface area contributed by atoms with Crippen LogP contribution in [0, 0.1) is 5.92 Å². The minimum Gasteiger partial charge on any atom is -0.314 e. The summed E-state index contributed by atoms with van der Waals surface area (Å²) in [6.07, 6.45) is 8.55. The van der Waals surface area contributed by atoms with E-state index in [9.17, 15) is 0 Å². The summed E-state index contributed by atoms with van der Waals surface area (Å²) in [5, 5.41) is 8.55. The topological polar surface area (TPSA) is 24.1 Å². The van der Waals surface area contributed by atoms with E-state index < -0.39 is 0 Å². The number of hydrogen-bond donors (Lipinski definition) is 2. The van der Waals surface area contributed by atoms with Crippen LogP contribution in [0.3, 0.4) is 0 Å². The number of thioether (sulfide) groups is 2. The molecule has 19 heavy (non-hydrogen) atoms. The lowest BCUT2D eigenvalue weighted by molar-refractivity contribution is 0.216. The maximum Gasteiger partial charge on any atom is 0.0263 e. The molecule has 4 atom stereocenters. The molecule has 2 nitrogen and oxygen atoms in total. The third-order valence-corrected chi connectivity index (χ3v) is 7.77. The SMILES string of the molecule is C1CNC(C2CCCCC2NCC2CSCCS2)C1. The van der Waals surface area contributed by atoms with Crippen molar-refractivity contribution in [3.05, 3.63) is 0 Å². The van der Waals surface area contributed by atoms with Crippen LogP contribution in [0.4, 0.5) is 0 Å². The van der Waals surface area contributed by atoms with Crippen molar-refractivity contribution >= 4 is 23.5 Å². The van der Waals surface area contributed by atoms with Crippen LogP contribution in [-0.4, -0.2) is 47.7 Å². The highest BCUT2D eigenvalue weighted by atomic mass is 32.2. The van der Waals surface area contributed by atoms with E-state index in [1.54, 1.807) is 0 Å². The fraction of sp³-hybridized carbons (Fsp3) is 1.00. The van der Waals surface area contributed by atoms with Crippen molar-refractivity contribution in [3.63, 3.8) is 0 Å². The molecule has 0 bridgehead atoms. The van der Waals surface area contributed by atoms with Crippen molar-refractivity contribution in [2.24, 2.45) is 5.92 Å². The van der Waals surface area contributed by atoms with E-state index >= 15 is 0 Å². The van der Waals surface area contributed by atoms with Crippen LogP contribution in [0.2, 0.25) is 0 Å². The van der Waals surface area contributed by atoms with Crippen LogP contribution in [0.5, 0.6) is 0 Å². The highest BCUT2D eigenvalue weighted by molar-refractivity contribution is 8.06. The normalized spacial score (nSPS) is 40.4. The maximum atomic E-state index is 3.94. The molecule has 1 saturated carbocycles. The van der Waals surface area contributed by atoms with Crippen LogP contribution >= 0.6 is 23.5 Å². The maximum absolute atomic E-state index is 3.94. The predicted octanol–water partition coefficient (Wildman–Crippen LogP) is 2.74. The summed E-state index contributed by atoms with van der Waals surface area (Å²) in [5.41, 5.74) is 0. The van der Waals surface area contributed by atoms with Crippen molar-refractivity contribution in [2.45, 2.75) is 55.9 Å². The summed E-state index contributed by atoms with van der Waals surface area (Å²) in [5.74, 6) is 4.98. The van der Waals surface area contributed by atoms with Gasteiger partial charge in [0.15, 0.2) is 0 Å². The lowest BCUT2D eigenvalue weighted by atomic mass is 9.79. The van der Waals surface area contributed by atoms with E-state index in [0.717, 1.165) is 23.3 Å². The van der Waals surface area contributed by atoms with Crippen molar-refractivity contribution in [2.75, 3.05) is 30.3 Å². The minimum absolute atomic E-state index is 0.789. The largest absolute Gasteiger partial charge is 0.314 e. The van der Waals surface area contributed by atoms with Crippen LogP contribution < -0.4 is 10.6 Å². The third-order valence-electron chi connectivity index (χ3n) is 4.93. The van der Waals surface area contributed by atoms with E-state index in [4.69, 9.17) is 0 Å². The summed E-state index contributed by atoms with van der Waals surface area (Å²) in [6.45, 7) is 2.49. The Morgan fingerprint density at radius 2 is 2.00 bits per heavy atom. The Hall–Kier alpha value is 0.620. The predicted molar refractivity (Wildman–Crippen MR) is 88.3 cm³/mol. The number of hydrogen-bond acceptors (Lipinski definition) is 4. The molecule has 3 rings (SSSR count). The van der Waals surface area contributed by atoms with E-state index in [-0.39, 0.29) is 0 Å². The van der Waals surface area contributed by atoms with Crippen LogP contribution in [0.15, 0.2) is 0 Å². The van der Waals surface area contributed by atoms with E-state index in [2.05, 4.69) is 34.2 Å². The van der Waals surface area contributed by atoms with Gasteiger partial charge in [0, 0.05) is 41.1 Å². The second-order valence-corrected chi connectivity index (χ2v) is 8.79. The Morgan fingerprint density at radius 1 is 1.05 bits per heavy atom. The standard InChI is InChI=1S/C15H28N2S2/c1-2-5-15(13(4-1)14-6-3-7-16-14)17-10-12-11-18-8-9-19-12/h12-17H,1-11H2. The average Bonchev–Trinajstić information content (AvgIpc) is 3.01. The Bertz CT molecular complexity index is 263. The summed E-state index contributed by atoms with van der Waals surface area (Å²) < 4.78 is 0. The highest BCUT2D eigenvalue weighted by Gasteiger charge is 2.33. The second kappa shape index (κ2) is 7.58. The van der Waals surface area contributed by atoms with Crippen molar-refractivity contribution in [1.82, 2.24) is 10.6 Å². The van der Waals surface area contributed by atoms with Gasteiger partial charge < -0.3 is 10.6 Å². The van der Waals surface area contributed by atoms with Gasteiger partial charge in [-0.3, -0.25) is 0 Å². The molecule has 4 unspecified atom stereocenters. The molecular weight excluding hydrogens is 272 g/mol. The molecule has 3 fully saturated rings. The smallest absolute Gasteiger partial charge is 0.0263 e. The zero-order valence-corrected chi connectivity index (χ0v) is 13.5. The Morgan fingerprint density at radius 3 is 2.79 bits per heavy atom. The van der Waals surface area contributed by atoms with Crippen LogP contribution in [0.25, 0.3) is 0 Å². The molecule has 0 aromatic heterocycles. The Kier molecular flexibility index (Phi) is 5.80. The lowest BCUT2D eigenvalue weighted by Crippen LogP contribution is -2.48. The first-order chi connectivity index (χ1) is 9.43. The van der Waals surface area contributed by atoms with Gasteiger partial charge in [-0.1, -0.05) is 12.8 Å². The van der Waals surface area contributed by atoms with Crippen LogP contribution in [-0.2, 0) is 0 Å². The zero-order valence-electron chi connectivity index (χ0n) is 11.9. The summed E-state index contributed by atoms with van der Waals surface area (Å²) in [7, 11) is 0. The fourth-order valence-electron chi connectivity index (χ4n) is 3.91. The molecule has 0 amide bonds. The first kappa shape index (κ1) is 14.6. The van der Waals surface area contributed by atoms with Crippen LogP contribution in [0.1, 0.15) is 38.5 Å². The molecule has 110 valence electrons. The van der Waals surface area contributed by atoms with Crippen molar-refractivity contribution in [1.29, 1.82) is 0 Å². The fourth-order valence-corrected chi connectivity index (χ4v) is 6.53. The van der Waals surface area contributed by atoms with Gasteiger partial charge >= 0.3 is 0 Å². The summed E-state index contributed by atoms with van der Waals surface area (Å²) in [6, 6.07) is 1.60. The van der Waals surface area contributed by atoms with Gasteiger partial charge in [-0.2, -0.15) is 23.5 Å². The first-order valence-corrected chi connectivity index (χ1v) is 10.3. The van der Waals surface area contributed by atoms with E-state index in [1.807, 2.05) is 0 Å². The van der Waals surface area contributed by atoms with Gasteiger partial charge in [0.25, 0.3) is 0 Å². The molecule has 1 aliphatic carbocycles. The molecule has 2 heterocycles. The highest BCUT2D eigenvalue weighted by Crippen LogP contribution is 2.31. The lowest BCUT2D eigenvalue weighted by Gasteiger charge is -2.37. The van der Waals surface area contributed by atoms with Gasteiger partial charge in [-0.05, 0) is 38.1 Å². The second-order valence-electron chi connectivity index (χ2n) is 6.23. The molecule has 2 saturated heterocycles. The molecule has 0 radical (unpaired) electrons. The van der Waals surface area contributed by atoms with Gasteiger partial charge in [0.1, 0.15) is 0 Å². The molecule has 0 aromatic carbocycles. The molecule has 2 N–H and O–H groups in total. The summed E-state index contributed by atoms with van der Waals surface area (Å²) in [4.78, 5) is 0. The van der Waals surface area contributed by atoms with E-state index in [1.165, 1.54) is 68.9 Å². The molecule has 3 aliphatic rings. The van der Waals surface area contributed by atoms with Gasteiger partial charge in [0.2, 0.25) is 0 Å². The number of rotatable bonds is 4. The Balaban J connectivity index is 1.48. The molecule has 0 aromatic rings. The van der Waals surface area contributed by atoms with Crippen molar-refractivity contribution in [3.8, 4) is 0 Å². The minimum atomic E-state index is 0.789. The number of nitrogens with one attached hydrogen (secondary N) is 2. The molecule has 4 heteroatoms. The van der Waals surface area contributed by atoms with Gasteiger partial charge in [-0.15, -0.1) is 0 Å². The molecule has 2 aliphatic heterocycles. The van der Waals surface area contributed by atoms with Crippen molar-refractivity contribution < 1.29 is 0 Å². The summed E-state index contributed by atoms with van der Waals surface area (Å²) >= 11 is 4.33. The average molecular weight is 301 g/mol. The quantitative estimate of drug-likeness (QED) is 0.834. The van der Waals surface area contributed by atoms with Gasteiger partial charge in [-0.25, -0.2) is 0 Å². The third kappa shape index (κ3) is 4.05. The molecule has 0 spiro atoms. The first-order valence-electron chi connectivity index (χ1n) is 8.09. The zero-order chi connectivity index (χ0) is 12.9. The monoisotopic (exact) mass is 300 g/mol.